The van der Waals surface area contributed by atoms with E-state index in [4.69, 9.17) is 0 Å². The molecule has 0 fully saturated rings. The van der Waals surface area contributed by atoms with Gasteiger partial charge in [0.15, 0.2) is 0 Å². The van der Waals surface area contributed by atoms with Gasteiger partial charge in [0.25, 0.3) is 0 Å². The first-order valence-electron chi connectivity index (χ1n) is 7.56. The van der Waals surface area contributed by atoms with Gasteiger partial charge in [0.2, 0.25) is 15.9 Å². The van der Waals surface area contributed by atoms with E-state index in [1.54, 1.807) is 29.3 Å². The van der Waals surface area contributed by atoms with Crippen molar-refractivity contribution in [2.45, 2.75) is 25.6 Å². The Balaban J connectivity index is 1.66. The zero-order chi connectivity index (χ0) is 17.2. The van der Waals surface area contributed by atoms with Crippen LogP contribution in [0.15, 0.2) is 36.8 Å². The zero-order valence-corrected chi connectivity index (χ0v) is 14.1. The van der Waals surface area contributed by atoms with Crippen LogP contribution in [0.5, 0.6) is 0 Å². The third kappa shape index (κ3) is 3.80. The Hall–Kier alpha value is -2.26. The van der Waals surface area contributed by atoms with Crippen LogP contribution in [-0.4, -0.2) is 46.2 Å². The quantitative estimate of drug-likeness (QED) is 0.837. The second-order valence-corrected chi connectivity index (χ2v) is 7.80. The Bertz CT molecular complexity index is 819. The van der Waals surface area contributed by atoms with E-state index in [2.05, 4.69) is 15.4 Å². The first-order valence-corrected chi connectivity index (χ1v) is 9.41. The van der Waals surface area contributed by atoms with Gasteiger partial charge in [0.1, 0.15) is 0 Å². The molecule has 9 heteroatoms. The van der Waals surface area contributed by atoms with Crippen LogP contribution < -0.4 is 5.32 Å². The summed E-state index contributed by atoms with van der Waals surface area (Å²) in [6.45, 7) is 0.918. The van der Waals surface area contributed by atoms with Crippen molar-refractivity contribution in [3.63, 3.8) is 0 Å². The summed E-state index contributed by atoms with van der Waals surface area (Å²) in [5.74, 6) is -0.152. The van der Waals surface area contributed by atoms with Crippen LogP contribution >= 0.6 is 0 Å². The summed E-state index contributed by atoms with van der Waals surface area (Å²) in [6.07, 6.45) is 6.34. The van der Waals surface area contributed by atoms with E-state index < -0.39 is 10.0 Å². The number of carbonyl (C=O) groups is 1. The summed E-state index contributed by atoms with van der Waals surface area (Å²) in [6, 6.07) is 5.15. The molecule has 0 bridgehead atoms. The smallest absolute Gasteiger partial charge is 0.222 e. The van der Waals surface area contributed by atoms with Crippen molar-refractivity contribution in [2.24, 2.45) is 0 Å². The fourth-order valence-electron chi connectivity index (χ4n) is 2.75. The molecule has 1 aliphatic rings. The molecule has 0 spiro atoms. The summed E-state index contributed by atoms with van der Waals surface area (Å²) in [4.78, 5) is 16.2. The third-order valence-corrected chi connectivity index (χ3v) is 5.17. The van der Waals surface area contributed by atoms with Crippen molar-refractivity contribution in [3.05, 3.63) is 48.0 Å². The molecule has 3 heterocycles. The Morgan fingerprint density at radius 3 is 2.92 bits per heavy atom. The molecular formula is C15H19N5O3S. The summed E-state index contributed by atoms with van der Waals surface area (Å²) >= 11 is 0. The highest BCUT2D eigenvalue weighted by atomic mass is 32.2. The number of pyridine rings is 1. The van der Waals surface area contributed by atoms with E-state index in [9.17, 15) is 13.2 Å². The minimum absolute atomic E-state index is 0.152. The molecule has 0 saturated heterocycles. The maximum atomic E-state index is 12.2. The molecule has 2 aromatic rings. The number of carbonyl (C=O) groups excluding carboxylic acids is 1. The van der Waals surface area contributed by atoms with Crippen LogP contribution in [0.3, 0.4) is 0 Å². The van der Waals surface area contributed by atoms with Gasteiger partial charge in [-0.2, -0.15) is 9.40 Å². The Labute approximate surface area is 140 Å². The fraction of sp³-hybridized carbons (Fsp3) is 0.400. The monoisotopic (exact) mass is 349 g/mol. The highest BCUT2D eigenvalue weighted by molar-refractivity contribution is 7.88. The molecule has 1 atom stereocenters. The molecular weight excluding hydrogens is 330 g/mol. The molecule has 128 valence electrons. The predicted molar refractivity (Wildman–Crippen MR) is 87.2 cm³/mol. The molecule has 1 unspecified atom stereocenters. The van der Waals surface area contributed by atoms with Crippen LogP contribution in [0, 0.1) is 0 Å². The molecule has 2 aromatic heterocycles. The van der Waals surface area contributed by atoms with E-state index in [0.29, 0.717) is 6.54 Å². The summed E-state index contributed by atoms with van der Waals surface area (Å²) in [5, 5.41) is 7.07. The maximum Gasteiger partial charge on any atom is 0.222 e. The Morgan fingerprint density at radius 1 is 1.38 bits per heavy atom. The molecule has 1 N–H and O–H groups in total. The minimum Gasteiger partial charge on any atom is -0.352 e. The number of fused-ring (bicyclic) bond motifs is 1. The summed E-state index contributed by atoms with van der Waals surface area (Å²) in [5.41, 5.74) is 1.70. The topological polar surface area (TPSA) is 97.2 Å². The van der Waals surface area contributed by atoms with Crippen LogP contribution in [-0.2, 0) is 27.9 Å². The normalized spacial score (nSPS) is 18.1. The SMILES string of the molecule is CS(=O)(=O)N1Cc2ccnn2C(CC(=O)NCc2cccnc2)C1. The average molecular weight is 349 g/mol. The molecule has 0 radical (unpaired) electrons. The van der Waals surface area contributed by atoms with E-state index in [1.807, 2.05) is 12.1 Å². The number of aromatic nitrogens is 3. The lowest BCUT2D eigenvalue weighted by atomic mass is 10.1. The van der Waals surface area contributed by atoms with E-state index in [-0.39, 0.29) is 31.5 Å². The lowest BCUT2D eigenvalue weighted by molar-refractivity contribution is -0.122. The second-order valence-electron chi connectivity index (χ2n) is 5.82. The van der Waals surface area contributed by atoms with Gasteiger partial charge in [-0.25, -0.2) is 8.42 Å². The van der Waals surface area contributed by atoms with E-state index in [0.717, 1.165) is 11.3 Å². The van der Waals surface area contributed by atoms with Crippen molar-refractivity contribution >= 4 is 15.9 Å². The van der Waals surface area contributed by atoms with E-state index >= 15 is 0 Å². The largest absolute Gasteiger partial charge is 0.352 e. The van der Waals surface area contributed by atoms with Crippen molar-refractivity contribution in [1.29, 1.82) is 0 Å². The number of hydrogen-bond donors (Lipinski definition) is 1. The lowest BCUT2D eigenvalue weighted by Gasteiger charge is -2.32. The predicted octanol–water partition coefficient (Wildman–Crippen LogP) is 0.301. The molecule has 1 amide bonds. The minimum atomic E-state index is -3.32. The number of rotatable bonds is 5. The van der Waals surface area contributed by atoms with Crippen molar-refractivity contribution in [1.82, 2.24) is 24.4 Å². The second kappa shape index (κ2) is 6.70. The van der Waals surface area contributed by atoms with Gasteiger partial charge >= 0.3 is 0 Å². The number of nitrogens with one attached hydrogen (secondary N) is 1. The standard InChI is InChI=1S/C15H19N5O3S/c1-24(22,23)19-10-13-4-6-18-20(13)14(11-19)7-15(21)17-9-12-3-2-5-16-8-12/h2-6,8,14H,7,9-11H2,1H3,(H,17,21). The maximum absolute atomic E-state index is 12.2. The fourth-order valence-corrected chi connectivity index (χ4v) is 3.56. The van der Waals surface area contributed by atoms with Gasteiger partial charge in [0, 0.05) is 31.7 Å². The van der Waals surface area contributed by atoms with Crippen molar-refractivity contribution in [3.8, 4) is 0 Å². The number of nitrogens with zero attached hydrogens (tertiary/aromatic N) is 4. The first kappa shape index (κ1) is 16.6. The van der Waals surface area contributed by atoms with E-state index in [1.165, 1.54) is 10.6 Å². The van der Waals surface area contributed by atoms with Gasteiger partial charge in [-0.3, -0.25) is 14.5 Å². The zero-order valence-electron chi connectivity index (χ0n) is 13.3. The third-order valence-electron chi connectivity index (χ3n) is 3.95. The Morgan fingerprint density at radius 2 is 2.21 bits per heavy atom. The van der Waals surface area contributed by atoms with Crippen LogP contribution in [0.4, 0.5) is 0 Å². The number of hydrogen-bond acceptors (Lipinski definition) is 5. The molecule has 1 aliphatic heterocycles. The van der Waals surface area contributed by atoms with Crippen molar-refractivity contribution in [2.75, 3.05) is 12.8 Å². The van der Waals surface area contributed by atoms with Crippen LogP contribution in [0.1, 0.15) is 23.7 Å². The van der Waals surface area contributed by atoms with Gasteiger partial charge in [0.05, 0.1) is 31.0 Å². The summed E-state index contributed by atoms with van der Waals surface area (Å²) < 4.78 is 26.8. The molecule has 0 aromatic carbocycles. The van der Waals surface area contributed by atoms with Crippen LogP contribution in [0.2, 0.25) is 0 Å². The van der Waals surface area contributed by atoms with Crippen LogP contribution in [0.25, 0.3) is 0 Å². The summed E-state index contributed by atoms with van der Waals surface area (Å²) in [7, 11) is -3.32. The number of sulfonamides is 1. The Kier molecular flexibility index (Phi) is 4.63. The van der Waals surface area contributed by atoms with Gasteiger partial charge in [-0.05, 0) is 17.7 Å². The number of amides is 1. The average Bonchev–Trinajstić information content (AvgIpc) is 3.02. The first-order chi connectivity index (χ1) is 11.4. The lowest BCUT2D eigenvalue weighted by Crippen LogP contribution is -2.42. The highest BCUT2D eigenvalue weighted by Gasteiger charge is 2.31. The molecule has 8 nitrogen and oxygen atoms in total. The van der Waals surface area contributed by atoms with Gasteiger partial charge in [-0.1, -0.05) is 6.07 Å². The highest BCUT2D eigenvalue weighted by Crippen LogP contribution is 2.24. The van der Waals surface area contributed by atoms with Gasteiger partial charge in [-0.15, -0.1) is 0 Å². The molecule has 0 saturated carbocycles. The molecule has 0 aliphatic carbocycles. The van der Waals surface area contributed by atoms with Crippen molar-refractivity contribution < 1.29 is 13.2 Å². The molecule has 24 heavy (non-hydrogen) atoms. The molecule has 3 rings (SSSR count). The van der Waals surface area contributed by atoms with Gasteiger partial charge < -0.3 is 5.32 Å².